The third-order valence-corrected chi connectivity index (χ3v) is 6.28. The summed E-state index contributed by atoms with van der Waals surface area (Å²) in [6.45, 7) is 2.78. The summed E-state index contributed by atoms with van der Waals surface area (Å²) in [4.78, 5) is 21.9. The first-order valence-corrected chi connectivity index (χ1v) is 9.96. The van der Waals surface area contributed by atoms with Gasteiger partial charge < -0.3 is 9.72 Å². The number of aromatic nitrogens is 2. The second kappa shape index (κ2) is 6.90. The predicted molar refractivity (Wildman–Crippen MR) is 100 cm³/mol. The number of H-pyrrole nitrogens is 1. The summed E-state index contributed by atoms with van der Waals surface area (Å²) >= 11 is 3.02. The Bertz CT molecular complexity index is 960. The molecule has 1 aromatic carbocycles. The number of aromatic amines is 1. The molecule has 1 N–H and O–H groups in total. The lowest BCUT2D eigenvalue weighted by atomic mass is 10.0. The van der Waals surface area contributed by atoms with Crippen molar-refractivity contribution in [2.45, 2.75) is 31.0 Å². The van der Waals surface area contributed by atoms with Crippen molar-refractivity contribution in [3.63, 3.8) is 0 Å². The van der Waals surface area contributed by atoms with E-state index in [-0.39, 0.29) is 17.5 Å². The van der Waals surface area contributed by atoms with Gasteiger partial charge in [0.25, 0.3) is 5.56 Å². The number of halogens is 1. The molecule has 0 saturated carbocycles. The minimum Gasteiger partial charge on any atom is -0.377 e. The van der Waals surface area contributed by atoms with Crippen molar-refractivity contribution in [2.75, 3.05) is 12.4 Å². The Morgan fingerprint density at radius 2 is 2.20 bits per heavy atom. The molecule has 1 fully saturated rings. The molecule has 3 heterocycles. The van der Waals surface area contributed by atoms with Crippen LogP contribution in [0, 0.1) is 12.7 Å². The molecule has 3 aromatic rings. The zero-order chi connectivity index (χ0) is 17.4. The van der Waals surface area contributed by atoms with Crippen LogP contribution in [0.2, 0.25) is 0 Å². The molecule has 1 aliphatic rings. The molecule has 7 heteroatoms. The number of hydrogen-bond donors (Lipinski definition) is 1. The van der Waals surface area contributed by atoms with Crippen LogP contribution in [-0.4, -0.2) is 28.4 Å². The van der Waals surface area contributed by atoms with Gasteiger partial charge in [0.15, 0.2) is 5.16 Å². The minimum atomic E-state index is -0.291. The number of benzene rings is 1. The topological polar surface area (TPSA) is 55.0 Å². The van der Waals surface area contributed by atoms with Crippen molar-refractivity contribution in [2.24, 2.45) is 0 Å². The molecular weight excluding hydrogens is 359 g/mol. The number of thiophene rings is 1. The van der Waals surface area contributed by atoms with E-state index in [2.05, 4.69) is 9.97 Å². The molecular formula is C18H17FN2O2S2. The number of nitrogens with one attached hydrogen (secondary N) is 1. The smallest absolute Gasteiger partial charge is 0.260 e. The van der Waals surface area contributed by atoms with Gasteiger partial charge in [-0.15, -0.1) is 11.3 Å². The largest absolute Gasteiger partial charge is 0.377 e. The molecule has 1 saturated heterocycles. The highest BCUT2D eigenvalue weighted by Gasteiger charge is 2.19. The number of hydrogen-bond acceptors (Lipinski definition) is 5. The van der Waals surface area contributed by atoms with Crippen LogP contribution in [0.15, 0.2) is 34.2 Å². The van der Waals surface area contributed by atoms with Gasteiger partial charge >= 0.3 is 0 Å². The zero-order valence-electron chi connectivity index (χ0n) is 13.7. The average Bonchev–Trinajstić information content (AvgIpc) is 3.21. The van der Waals surface area contributed by atoms with Gasteiger partial charge in [-0.25, -0.2) is 9.37 Å². The fraction of sp³-hybridized carbons (Fsp3) is 0.333. The Kier molecular flexibility index (Phi) is 4.62. The van der Waals surface area contributed by atoms with Crippen LogP contribution in [-0.2, 0) is 4.74 Å². The summed E-state index contributed by atoms with van der Waals surface area (Å²) in [6, 6.07) is 6.21. The molecule has 25 heavy (non-hydrogen) atoms. The van der Waals surface area contributed by atoms with Crippen LogP contribution < -0.4 is 5.56 Å². The molecule has 2 aromatic heterocycles. The lowest BCUT2D eigenvalue weighted by molar-refractivity contribution is 0.129. The van der Waals surface area contributed by atoms with Gasteiger partial charge in [0, 0.05) is 22.8 Å². The van der Waals surface area contributed by atoms with Crippen LogP contribution in [0.3, 0.4) is 0 Å². The number of ether oxygens (including phenoxy) is 1. The molecule has 4 nitrogen and oxygen atoms in total. The van der Waals surface area contributed by atoms with E-state index in [1.807, 2.05) is 6.92 Å². The van der Waals surface area contributed by atoms with E-state index in [4.69, 9.17) is 4.74 Å². The van der Waals surface area contributed by atoms with Crippen molar-refractivity contribution >= 4 is 33.3 Å². The standard InChI is InChI=1S/C18H17FN2O2S2/c1-10-14(11-4-6-12(19)7-5-11)15-16(22)20-18(21-17(15)25-10)24-9-13-3-2-8-23-13/h4-7,13H,2-3,8-9H2,1H3,(H,20,21,22). The molecule has 0 aliphatic carbocycles. The Labute approximate surface area is 152 Å². The van der Waals surface area contributed by atoms with Gasteiger partial charge in [-0.05, 0) is 37.5 Å². The summed E-state index contributed by atoms with van der Waals surface area (Å²) in [5, 5.41) is 1.20. The first-order valence-electron chi connectivity index (χ1n) is 8.15. The lowest BCUT2D eigenvalue weighted by Gasteiger charge is -2.07. The summed E-state index contributed by atoms with van der Waals surface area (Å²) in [6.07, 6.45) is 2.40. The molecule has 0 bridgehead atoms. The molecule has 4 rings (SSSR count). The Balaban J connectivity index is 1.70. The fourth-order valence-electron chi connectivity index (χ4n) is 3.08. The summed E-state index contributed by atoms with van der Waals surface area (Å²) < 4.78 is 18.8. The van der Waals surface area contributed by atoms with Gasteiger partial charge in [-0.3, -0.25) is 4.79 Å². The molecule has 1 atom stereocenters. The predicted octanol–water partition coefficient (Wildman–Crippen LogP) is 4.37. The van der Waals surface area contributed by atoms with E-state index in [9.17, 15) is 9.18 Å². The second-order valence-electron chi connectivity index (χ2n) is 6.04. The van der Waals surface area contributed by atoms with Crippen LogP contribution in [0.4, 0.5) is 4.39 Å². The van der Waals surface area contributed by atoms with Crippen LogP contribution in [0.5, 0.6) is 0 Å². The van der Waals surface area contributed by atoms with Gasteiger partial charge in [-0.2, -0.15) is 0 Å². The van der Waals surface area contributed by atoms with Crippen molar-refractivity contribution in [1.29, 1.82) is 0 Å². The SMILES string of the molecule is Cc1sc2nc(SCC3CCCO3)[nH]c(=O)c2c1-c1ccc(F)cc1. The molecule has 0 amide bonds. The fourth-order valence-corrected chi connectivity index (χ4v) is 5.11. The van der Waals surface area contributed by atoms with Crippen molar-refractivity contribution in [3.8, 4) is 11.1 Å². The maximum atomic E-state index is 13.2. The number of thioether (sulfide) groups is 1. The Hall–Kier alpha value is -1.70. The lowest BCUT2D eigenvalue weighted by Crippen LogP contribution is -2.12. The van der Waals surface area contributed by atoms with E-state index in [0.717, 1.165) is 46.0 Å². The third kappa shape index (κ3) is 3.36. The van der Waals surface area contributed by atoms with Gasteiger partial charge in [0.1, 0.15) is 10.6 Å². The Morgan fingerprint density at radius 3 is 2.92 bits per heavy atom. The second-order valence-corrected chi connectivity index (χ2v) is 8.25. The van der Waals surface area contributed by atoms with Gasteiger partial charge in [0.2, 0.25) is 0 Å². The van der Waals surface area contributed by atoms with Crippen molar-refractivity contribution in [1.82, 2.24) is 9.97 Å². The third-order valence-electron chi connectivity index (χ3n) is 4.28. The number of rotatable bonds is 4. The van der Waals surface area contributed by atoms with E-state index in [0.29, 0.717) is 10.5 Å². The van der Waals surface area contributed by atoms with E-state index < -0.39 is 0 Å². The number of nitrogens with zero attached hydrogens (tertiary/aromatic N) is 1. The van der Waals surface area contributed by atoms with E-state index in [1.54, 1.807) is 12.1 Å². The maximum absolute atomic E-state index is 13.2. The highest BCUT2D eigenvalue weighted by molar-refractivity contribution is 7.99. The molecule has 1 unspecified atom stereocenters. The Morgan fingerprint density at radius 1 is 1.40 bits per heavy atom. The molecule has 1 aliphatic heterocycles. The summed E-state index contributed by atoms with van der Waals surface area (Å²) in [5.74, 6) is 0.504. The normalized spacial score (nSPS) is 17.4. The van der Waals surface area contributed by atoms with Crippen LogP contribution >= 0.6 is 23.1 Å². The number of aryl methyl sites for hydroxylation is 1. The first kappa shape index (κ1) is 16.8. The monoisotopic (exact) mass is 376 g/mol. The first-order chi connectivity index (χ1) is 12.1. The molecule has 130 valence electrons. The molecule has 0 radical (unpaired) electrons. The maximum Gasteiger partial charge on any atom is 0.260 e. The molecule has 0 spiro atoms. The number of fused-ring (bicyclic) bond motifs is 1. The van der Waals surface area contributed by atoms with Crippen molar-refractivity contribution < 1.29 is 9.13 Å². The quantitative estimate of drug-likeness (QED) is 0.543. The van der Waals surface area contributed by atoms with E-state index in [1.165, 1.54) is 35.2 Å². The van der Waals surface area contributed by atoms with E-state index >= 15 is 0 Å². The highest BCUT2D eigenvalue weighted by atomic mass is 32.2. The summed E-state index contributed by atoms with van der Waals surface area (Å²) in [5.41, 5.74) is 1.52. The zero-order valence-corrected chi connectivity index (χ0v) is 15.3. The van der Waals surface area contributed by atoms with Crippen LogP contribution in [0.1, 0.15) is 17.7 Å². The average molecular weight is 376 g/mol. The summed E-state index contributed by atoms with van der Waals surface area (Å²) in [7, 11) is 0. The van der Waals surface area contributed by atoms with Crippen molar-refractivity contribution in [3.05, 3.63) is 45.3 Å². The van der Waals surface area contributed by atoms with Gasteiger partial charge in [-0.1, -0.05) is 23.9 Å². The van der Waals surface area contributed by atoms with Gasteiger partial charge in [0.05, 0.1) is 11.5 Å². The minimum absolute atomic E-state index is 0.150. The highest BCUT2D eigenvalue weighted by Crippen LogP contribution is 2.36. The van der Waals surface area contributed by atoms with Crippen LogP contribution in [0.25, 0.3) is 21.3 Å².